The van der Waals surface area contributed by atoms with E-state index in [0.717, 1.165) is 13.1 Å². The fraction of sp³-hybridized carbons (Fsp3) is 0.700. The predicted molar refractivity (Wildman–Crippen MR) is 57.3 cm³/mol. The fourth-order valence-corrected chi connectivity index (χ4v) is 2.20. The van der Waals surface area contributed by atoms with Gasteiger partial charge in [0, 0.05) is 12.7 Å². The minimum Gasteiger partial charge on any atom is -0.371 e. The summed E-state index contributed by atoms with van der Waals surface area (Å²) in [5.74, 6) is 0.671. The molecule has 0 saturated carbocycles. The molecule has 1 fully saturated rings. The molecule has 1 saturated heterocycles. The molecule has 14 heavy (non-hydrogen) atoms. The number of hydrogen-bond acceptors (Lipinski definition) is 4. The second-order valence-electron chi connectivity index (χ2n) is 3.79. The van der Waals surface area contributed by atoms with Gasteiger partial charge in [-0.3, -0.25) is 4.98 Å². The van der Waals surface area contributed by atoms with Gasteiger partial charge in [0.05, 0.1) is 23.1 Å². The van der Waals surface area contributed by atoms with Gasteiger partial charge in [-0.15, -0.1) is 11.3 Å². The van der Waals surface area contributed by atoms with Crippen molar-refractivity contribution in [2.24, 2.45) is 5.92 Å². The molecule has 0 aromatic carbocycles. The maximum absolute atomic E-state index is 5.85. The van der Waals surface area contributed by atoms with Crippen molar-refractivity contribution in [3.8, 4) is 0 Å². The Kier molecular flexibility index (Phi) is 3.50. The molecule has 1 aliphatic heterocycles. The van der Waals surface area contributed by atoms with Crippen molar-refractivity contribution < 1.29 is 4.74 Å². The van der Waals surface area contributed by atoms with Crippen LogP contribution in [0.4, 0.5) is 0 Å². The lowest BCUT2D eigenvalue weighted by molar-refractivity contribution is -0.00546. The minimum atomic E-state index is 0.367. The summed E-state index contributed by atoms with van der Waals surface area (Å²) in [4.78, 5) is 5.24. The molecule has 0 aliphatic carbocycles. The average Bonchev–Trinajstić information content (AvgIpc) is 2.69. The summed E-state index contributed by atoms with van der Waals surface area (Å²) < 4.78 is 5.85. The Labute approximate surface area is 88.5 Å². The topological polar surface area (TPSA) is 34.1 Å². The molecule has 0 spiro atoms. The van der Waals surface area contributed by atoms with Crippen molar-refractivity contribution in [3.05, 3.63) is 16.6 Å². The van der Waals surface area contributed by atoms with Gasteiger partial charge in [-0.2, -0.15) is 0 Å². The number of nitrogens with zero attached hydrogens (tertiary/aromatic N) is 1. The predicted octanol–water partition coefficient (Wildman–Crippen LogP) is 1.66. The smallest absolute Gasteiger partial charge is 0.0829 e. The van der Waals surface area contributed by atoms with E-state index in [4.69, 9.17) is 4.74 Å². The van der Waals surface area contributed by atoms with Crippen LogP contribution in [0.1, 0.15) is 18.2 Å². The van der Waals surface area contributed by atoms with Crippen molar-refractivity contribution >= 4 is 11.3 Å². The number of hydrogen-bond donors (Lipinski definition) is 1. The number of rotatable bonds is 3. The summed E-state index contributed by atoms with van der Waals surface area (Å²) in [6.07, 6.45) is 3.46. The van der Waals surface area contributed by atoms with Crippen LogP contribution >= 0.6 is 11.3 Å². The van der Waals surface area contributed by atoms with Crippen molar-refractivity contribution in [2.75, 3.05) is 13.1 Å². The Morgan fingerprint density at radius 3 is 3.36 bits per heavy atom. The summed E-state index contributed by atoms with van der Waals surface area (Å²) in [6, 6.07) is 0. The molecule has 2 unspecified atom stereocenters. The van der Waals surface area contributed by atoms with Gasteiger partial charge in [0.2, 0.25) is 0 Å². The van der Waals surface area contributed by atoms with E-state index < -0.39 is 0 Å². The third-order valence-corrected chi connectivity index (χ3v) is 3.43. The van der Waals surface area contributed by atoms with Gasteiger partial charge < -0.3 is 10.1 Å². The maximum Gasteiger partial charge on any atom is 0.0829 e. The zero-order valence-electron chi connectivity index (χ0n) is 8.40. The van der Waals surface area contributed by atoms with Gasteiger partial charge in [-0.25, -0.2) is 0 Å². The molecule has 1 aliphatic rings. The van der Waals surface area contributed by atoms with Crippen LogP contribution in [0.5, 0.6) is 0 Å². The Bertz CT molecular complexity index is 263. The first-order valence-corrected chi connectivity index (χ1v) is 5.94. The Morgan fingerprint density at radius 1 is 1.71 bits per heavy atom. The van der Waals surface area contributed by atoms with Crippen molar-refractivity contribution in [3.63, 3.8) is 0 Å². The Balaban J connectivity index is 1.79. The summed E-state index contributed by atoms with van der Waals surface area (Å²) >= 11 is 1.66. The number of ether oxygens (including phenoxy) is 1. The number of thiazole rings is 1. The number of aromatic nitrogens is 1. The summed E-state index contributed by atoms with van der Waals surface area (Å²) in [5, 5.41) is 3.36. The number of nitrogens with one attached hydrogen (secondary N) is 1. The molecule has 1 aromatic heterocycles. The standard InChI is InChI=1S/C10H16N2OS/c1-8-2-3-11-5-10(8)13-6-9-4-12-7-14-9/h4,7-8,10-11H,2-3,5-6H2,1H3. The number of piperidine rings is 1. The van der Waals surface area contributed by atoms with Crippen molar-refractivity contribution in [1.29, 1.82) is 0 Å². The molecule has 1 aromatic rings. The highest BCUT2D eigenvalue weighted by Crippen LogP contribution is 2.17. The molecule has 2 atom stereocenters. The first-order chi connectivity index (χ1) is 6.86. The SMILES string of the molecule is CC1CCNCC1OCc1cncs1. The highest BCUT2D eigenvalue weighted by atomic mass is 32.1. The average molecular weight is 212 g/mol. The molecule has 1 N–H and O–H groups in total. The first-order valence-electron chi connectivity index (χ1n) is 5.06. The second-order valence-corrected chi connectivity index (χ2v) is 4.76. The maximum atomic E-state index is 5.85. The lowest BCUT2D eigenvalue weighted by atomic mass is 9.97. The van der Waals surface area contributed by atoms with Crippen LogP contribution < -0.4 is 5.32 Å². The third-order valence-electron chi connectivity index (χ3n) is 2.68. The van der Waals surface area contributed by atoms with Gasteiger partial charge in [0.1, 0.15) is 0 Å². The highest BCUT2D eigenvalue weighted by Gasteiger charge is 2.21. The van der Waals surface area contributed by atoms with Gasteiger partial charge in [-0.1, -0.05) is 6.92 Å². The van der Waals surface area contributed by atoms with Crippen LogP contribution in [-0.4, -0.2) is 24.2 Å². The van der Waals surface area contributed by atoms with E-state index in [9.17, 15) is 0 Å². The van der Waals surface area contributed by atoms with Crippen LogP contribution in [0.15, 0.2) is 11.7 Å². The largest absolute Gasteiger partial charge is 0.371 e. The zero-order chi connectivity index (χ0) is 9.80. The van der Waals surface area contributed by atoms with E-state index in [1.807, 2.05) is 11.7 Å². The summed E-state index contributed by atoms with van der Waals surface area (Å²) in [5.41, 5.74) is 1.85. The third kappa shape index (κ3) is 2.53. The summed E-state index contributed by atoms with van der Waals surface area (Å²) in [7, 11) is 0. The molecule has 0 bridgehead atoms. The van der Waals surface area contributed by atoms with Crippen molar-refractivity contribution in [1.82, 2.24) is 10.3 Å². The van der Waals surface area contributed by atoms with E-state index in [1.54, 1.807) is 11.3 Å². The van der Waals surface area contributed by atoms with Gasteiger partial charge in [0.25, 0.3) is 0 Å². The van der Waals surface area contributed by atoms with Gasteiger partial charge in [-0.05, 0) is 18.9 Å². The lowest BCUT2D eigenvalue weighted by Gasteiger charge is -2.29. The van der Waals surface area contributed by atoms with Crippen LogP contribution in [0, 0.1) is 5.92 Å². The van der Waals surface area contributed by atoms with E-state index in [2.05, 4.69) is 17.2 Å². The van der Waals surface area contributed by atoms with E-state index >= 15 is 0 Å². The fourth-order valence-electron chi connectivity index (χ4n) is 1.69. The lowest BCUT2D eigenvalue weighted by Crippen LogP contribution is -2.40. The monoisotopic (exact) mass is 212 g/mol. The highest BCUT2D eigenvalue weighted by molar-refractivity contribution is 7.09. The Morgan fingerprint density at radius 2 is 2.64 bits per heavy atom. The second kappa shape index (κ2) is 4.87. The quantitative estimate of drug-likeness (QED) is 0.827. The molecule has 0 radical (unpaired) electrons. The van der Waals surface area contributed by atoms with Crippen molar-refractivity contribution in [2.45, 2.75) is 26.1 Å². The zero-order valence-corrected chi connectivity index (χ0v) is 9.22. The van der Waals surface area contributed by atoms with Crippen LogP contribution in [0.2, 0.25) is 0 Å². The first kappa shape index (κ1) is 10.1. The normalized spacial score (nSPS) is 27.8. The van der Waals surface area contributed by atoms with Crippen LogP contribution in [0.3, 0.4) is 0 Å². The van der Waals surface area contributed by atoms with Gasteiger partial charge in [0.15, 0.2) is 0 Å². The molecular formula is C10H16N2OS. The van der Waals surface area contributed by atoms with E-state index in [0.29, 0.717) is 18.6 Å². The molecule has 4 heteroatoms. The molecule has 2 heterocycles. The van der Waals surface area contributed by atoms with Crippen LogP contribution in [0.25, 0.3) is 0 Å². The molecule has 78 valence electrons. The summed E-state index contributed by atoms with van der Waals surface area (Å²) in [6.45, 7) is 5.08. The molecule has 2 rings (SSSR count). The molecule has 0 amide bonds. The minimum absolute atomic E-state index is 0.367. The Hall–Kier alpha value is -0.450. The molecule has 3 nitrogen and oxygen atoms in total. The van der Waals surface area contributed by atoms with Crippen LogP contribution in [-0.2, 0) is 11.3 Å². The van der Waals surface area contributed by atoms with E-state index in [-0.39, 0.29) is 0 Å². The van der Waals surface area contributed by atoms with Gasteiger partial charge >= 0.3 is 0 Å². The van der Waals surface area contributed by atoms with E-state index in [1.165, 1.54) is 11.3 Å². The molecular weight excluding hydrogens is 196 g/mol.